The number of amides is 3. The van der Waals surface area contributed by atoms with E-state index in [1.165, 1.54) is 24.8 Å². The molecule has 20 nitrogen and oxygen atoms in total. The second-order valence-corrected chi connectivity index (χ2v) is 17.6. The second kappa shape index (κ2) is 24.9. The molecule has 2 aromatic carbocycles. The number of aliphatic imine (C=N–C) groups is 1. The maximum absolute atomic E-state index is 13.2. The van der Waals surface area contributed by atoms with Crippen LogP contribution in [-0.2, 0) is 33.3 Å². The number of nitro groups is 1. The van der Waals surface area contributed by atoms with Crippen LogP contribution < -0.4 is 21.3 Å². The van der Waals surface area contributed by atoms with Gasteiger partial charge < -0.3 is 39.6 Å². The number of carbonyl (C=O) groups is 3. The van der Waals surface area contributed by atoms with Crippen molar-refractivity contribution in [3.05, 3.63) is 102 Å². The van der Waals surface area contributed by atoms with E-state index in [9.17, 15) is 24.5 Å². The van der Waals surface area contributed by atoms with Gasteiger partial charge in [0.2, 0.25) is 11.8 Å². The number of nitrogens with one attached hydrogen (secondary N) is 4. The minimum absolute atomic E-state index is 0.0797. The van der Waals surface area contributed by atoms with Crippen LogP contribution in [0.1, 0.15) is 68.7 Å². The number of fused-ring (bicyclic) bond motifs is 3. The molecule has 1 atom stereocenters. The Hall–Kier alpha value is -5.72. The smallest absolute Gasteiger partial charge is 0.348 e. The van der Waals surface area contributed by atoms with E-state index in [-0.39, 0.29) is 45.3 Å². The van der Waals surface area contributed by atoms with Crippen LogP contribution in [0.2, 0.25) is 5.02 Å². The zero-order valence-corrected chi connectivity index (χ0v) is 40.2. The summed E-state index contributed by atoms with van der Waals surface area (Å²) < 4.78 is 30.0. The Bertz CT molecular complexity index is 2550. The van der Waals surface area contributed by atoms with Gasteiger partial charge in [0.05, 0.1) is 94.4 Å². The van der Waals surface area contributed by atoms with E-state index in [1.54, 1.807) is 23.5 Å². The van der Waals surface area contributed by atoms with E-state index in [2.05, 4.69) is 50.3 Å². The van der Waals surface area contributed by atoms with Crippen molar-refractivity contribution >= 4 is 79.2 Å². The topological polar surface area (TPSA) is 245 Å². The number of nitrogens with zero attached hydrogens (tertiary/aromatic N) is 6. The quantitative estimate of drug-likeness (QED) is 0.0267. The van der Waals surface area contributed by atoms with E-state index < -0.39 is 16.9 Å². The number of halogens is 1. The summed E-state index contributed by atoms with van der Waals surface area (Å²) in [6.45, 7) is 13.5. The summed E-state index contributed by atoms with van der Waals surface area (Å²) in [6.07, 6.45) is 0.0894. The Morgan fingerprint density at radius 3 is 2.06 bits per heavy atom. The number of carbonyl (C=O) groups excluding carboxylic acids is 3. The first-order chi connectivity index (χ1) is 32.3. The van der Waals surface area contributed by atoms with Crippen LogP contribution in [-0.4, -0.2) is 127 Å². The lowest BCUT2D eigenvalue weighted by atomic mass is 9.99. The van der Waals surface area contributed by atoms with Crippen LogP contribution >= 0.6 is 34.3 Å². The molecule has 1 aliphatic rings. The first kappa shape index (κ1) is 50.7. The summed E-state index contributed by atoms with van der Waals surface area (Å²) in [7, 11) is 0. The molecule has 3 amide bonds. The summed E-state index contributed by atoms with van der Waals surface area (Å²) in [5.41, 5.74) is 5.10. The monoisotopic (exact) mass is 980 g/mol. The minimum atomic E-state index is -0.574. The maximum Gasteiger partial charge on any atom is 0.348 e. The number of hydrogen-bond acceptors (Lipinski definition) is 17. The molecule has 0 aliphatic carbocycles. The number of aromatic nitrogens is 4. The van der Waals surface area contributed by atoms with Crippen LogP contribution in [0.25, 0.3) is 5.00 Å². The molecule has 0 saturated carbocycles. The maximum atomic E-state index is 13.2. The van der Waals surface area contributed by atoms with E-state index in [0.29, 0.717) is 95.7 Å². The number of benzene rings is 2. The molecule has 67 heavy (non-hydrogen) atoms. The number of hydrogen-bond donors (Lipinski definition) is 4. The van der Waals surface area contributed by atoms with Gasteiger partial charge in [0, 0.05) is 46.7 Å². The SMILES string of the molecule is CC(=O)Nc1cc(NCCOCCOCCOCCOCCOCCNC(=O)C[C@@H]2N=C(c3ccc(Cl)cc3)c3c(sc(C)c3C)-n3c(C)nnc32)ccc1C(=O)Nc1nc(C)c([N+](=O)[O-])s1. The molecule has 5 aromatic rings. The van der Waals surface area contributed by atoms with Crippen molar-refractivity contribution in [2.24, 2.45) is 4.99 Å². The number of ether oxygens (including phenoxy) is 5. The first-order valence-corrected chi connectivity index (χ1v) is 23.4. The van der Waals surface area contributed by atoms with Crippen molar-refractivity contribution < 1.29 is 43.0 Å². The highest BCUT2D eigenvalue weighted by molar-refractivity contribution is 7.19. The molecule has 3 aromatic heterocycles. The number of aryl methyl sites for hydroxylation is 3. The van der Waals surface area contributed by atoms with Gasteiger partial charge in [-0.15, -0.1) is 21.5 Å². The number of rotatable bonds is 26. The molecule has 0 unspecified atom stereocenters. The molecule has 6 rings (SSSR count). The van der Waals surface area contributed by atoms with Gasteiger partial charge in [-0.25, -0.2) is 4.98 Å². The van der Waals surface area contributed by atoms with Gasteiger partial charge in [0.25, 0.3) is 5.91 Å². The lowest BCUT2D eigenvalue weighted by Gasteiger charge is -2.13. The van der Waals surface area contributed by atoms with Crippen molar-refractivity contribution in [1.82, 2.24) is 25.1 Å². The molecule has 0 fully saturated rings. The Balaban J connectivity index is 0.783. The molecule has 358 valence electrons. The van der Waals surface area contributed by atoms with Crippen LogP contribution in [0.4, 0.5) is 21.5 Å². The predicted octanol–water partition coefficient (Wildman–Crippen LogP) is 6.38. The zero-order valence-electron chi connectivity index (χ0n) is 37.8. The third-order valence-electron chi connectivity index (χ3n) is 10.1. The van der Waals surface area contributed by atoms with Gasteiger partial charge in [0.15, 0.2) is 11.0 Å². The van der Waals surface area contributed by atoms with Crippen LogP contribution in [0, 0.1) is 37.8 Å². The fourth-order valence-electron chi connectivity index (χ4n) is 6.81. The lowest BCUT2D eigenvalue weighted by Crippen LogP contribution is -2.29. The van der Waals surface area contributed by atoms with Gasteiger partial charge in [-0.1, -0.05) is 23.7 Å². The van der Waals surface area contributed by atoms with Gasteiger partial charge in [-0.05, 0) is 74.9 Å². The van der Waals surface area contributed by atoms with Gasteiger partial charge in [0.1, 0.15) is 22.6 Å². The molecule has 0 radical (unpaired) electrons. The summed E-state index contributed by atoms with van der Waals surface area (Å²) in [4.78, 5) is 58.9. The predicted molar refractivity (Wildman–Crippen MR) is 256 cm³/mol. The molecular weight excluding hydrogens is 928 g/mol. The Morgan fingerprint density at radius 2 is 1.45 bits per heavy atom. The highest BCUT2D eigenvalue weighted by Crippen LogP contribution is 2.39. The normalized spacial score (nSPS) is 13.0. The van der Waals surface area contributed by atoms with Crippen molar-refractivity contribution in [3.63, 3.8) is 0 Å². The summed E-state index contributed by atoms with van der Waals surface area (Å²) >= 11 is 8.63. The van der Waals surface area contributed by atoms with Crippen LogP contribution in [0.5, 0.6) is 0 Å². The number of thiophene rings is 1. The minimum Gasteiger partial charge on any atom is -0.383 e. The third-order valence-corrected chi connectivity index (χ3v) is 12.6. The molecule has 0 spiro atoms. The van der Waals surface area contributed by atoms with Crippen LogP contribution in [0.3, 0.4) is 0 Å². The molecule has 0 bridgehead atoms. The molecule has 4 heterocycles. The lowest BCUT2D eigenvalue weighted by molar-refractivity contribution is -0.380. The Labute approximate surface area is 399 Å². The van der Waals surface area contributed by atoms with Gasteiger partial charge >= 0.3 is 5.00 Å². The summed E-state index contributed by atoms with van der Waals surface area (Å²) in [6, 6.07) is 11.8. The summed E-state index contributed by atoms with van der Waals surface area (Å²) in [5.74, 6) is 0.227. The van der Waals surface area contributed by atoms with E-state index in [4.69, 9.17) is 40.3 Å². The van der Waals surface area contributed by atoms with Crippen molar-refractivity contribution in [1.29, 1.82) is 0 Å². The van der Waals surface area contributed by atoms with E-state index >= 15 is 0 Å². The largest absolute Gasteiger partial charge is 0.383 e. The van der Waals surface area contributed by atoms with Crippen molar-refractivity contribution in [2.45, 2.75) is 47.1 Å². The fraction of sp³-hybridized carbons (Fsp3) is 0.432. The first-order valence-electron chi connectivity index (χ1n) is 21.4. The Kier molecular flexibility index (Phi) is 18.8. The van der Waals surface area contributed by atoms with Gasteiger partial charge in [-0.3, -0.25) is 39.4 Å². The van der Waals surface area contributed by atoms with Crippen molar-refractivity contribution in [2.75, 3.05) is 95.1 Å². The third kappa shape index (κ3) is 14.2. The second-order valence-electron chi connectivity index (χ2n) is 15.0. The Morgan fingerprint density at radius 1 is 0.821 bits per heavy atom. The van der Waals surface area contributed by atoms with E-state index in [1.807, 2.05) is 35.8 Å². The highest BCUT2D eigenvalue weighted by atomic mass is 35.5. The molecule has 1 aliphatic heterocycles. The molecule has 23 heteroatoms. The van der Waals surface area contributed by atoms with Crippen molar-refractivity contribution in [3.8, 4) is 5.00 Å². The molecule has 4 N–H and O–H groups in total. The number of thiazole rings is 1. The average Bonchev–Trinajstić information content (AvgIpc) is 3.92. The van der Waals surface area contributed by atoms with Gasteiger partial charge in [-0.2, -0.15) is 0 Å². The standard InChI is InChI=1S/C44H53ClN10O10S2/c1-26-28(3)66-43-38(26)39(31-6-8-32(45)9-7-31)50-36(40-53-52-29(4)54(40)43)25-37(57)47-13-15-62-17-19-64-21-23-65-22-20-63-18-16-61-14-12-46-33-10-11-34(35(24-33)49-30(5)56)41(58)51-44-48-27(2)42(67-44)55(59)60/h6-11,24,36,46H,12-23,25H2,1-5H3,(H,47,57)(H,49,56)(H,48,51,58)/t36-/m0/s1. The van der Waals surface area contributed by atoms with E-state index in [0.717, 1.165) is 44.6 Å². The van der Waals surface area contributed by atoms with Crippen LogP contribution in [0.15, 0.2) is 47.5 Å². The number of anilines is 3. The molecule has 0 saturated heterocycles. The fourth-order valence-corrected chi connectivity index (χ4v) is 8.93. The molecular formula is C44H53ClN10O10S2. The highest BCUT2D eigenvalue weighted by Gasteiger charge is 2.32. The zero-order chi connectivity index (χ0) is 47.9. The average molecular weight is 982 g/mol. The summed E-state index contributed by atoms with van der Waals surface area (Å²) in [5, 5.41) is 32.8.